The van der Waals surface area contributed by atoms with E-state index in [1.165, 1.54) is 31.4 Å². The van der Waals surface area contributed by atoms with Crippen LogP contribution in [0.15, 0.2) is 30.3 Å². The minimum Gasteiger partial charge on any atom is -0.313 e. The number of piperidine rings is 1. The highest BCUT2D eigenvalue weighted by Crippen LogP contribution is 2.16. The molecule has 0 amide bonds. The molecule has 0 radical (unpaired) electrons. The lowest BCUT2D eigenvalue weighted by Gasteiger charge is -2.27. The minimum absolute atomic E-state index is 0.702. The number of benzene rings is 1. The lowest BCUT2D eigenvalue weighted by Crippen LogP contribution is -2.39. The van der Waals surface area contributed by atoms with Gasteiger partial charge >= 0.3 is 0 Å². The van der Waals surface area contributed by atoms with Crippen LogP contribution in [0, 0.1) is 5.92 Å². The molecule has 76 valence electrons. The Morgan fingerprint density at radius 3 is 2.64 bits per heavy atom. The first-order chi connectivity index (χ1) is 6.84. The highest BCUT2D eigenvalue weighted by Gasteiger charge is 2.16. The van der Waals surface area contributed by atoms with Crippen LogP contribution in [0.1, 0.15) is 25.3 Å². The van der Waals surface area contributed by atoms with E-state index in [0.29, 0.717) is 6.04 Å². The SMILES string of the molecule is CC1CCC(Cc2ccccc2)NC1. The topological polar surface area (TPSA) is 12.0 Å². The van der Waals surface area contributed by atoms with E-state index in [0.717, 1.165) is 5.92 Å². The van der Waals surface area contributed by atoms with Crippen LogP contribution in [0.25, 0.3) is 0 Å². The van der Waals surface area contributed by atoms with E-state index in [-0.39, 0.29) is 0 Å². The quantitative estimate of drug-likeness (QED) is 0.754. The Morgan fingerprint density at radius 1 is 1.21 bits per heavy atom. The van der Waals surface area contributed by atoms with E-state index in [4.69, 9.17) is 0 Å². The summed E-state index contributed by atoms with van der Waals surface area (Å²) in [6.07, 6.45) is 3.90. The van der Waals surface area contributed by atoms with Gasteiger partial charge in [0.15, 0.2) is 0 Å². The van der Waals surface area contributed by atoms with Crippen molar-refractivity contribution in [3.8, 4) is 0 Å². The van der Waals surface area contributed by atoms with Crippen LogP contribution in [0.4, 0.5) is 0 Å². The third kappa shape index (κ3) is 2.58. The summed E-state index contributed by atoms with van der Waals surface area (Å²) in [7, 11) is 0. The molecule has 2 unspecified atom stereocenters. The van der Waals surface area contributed by atoms with Gasteiger partial charge in [-0.15, -0.1) is 0 Å². The van der Waals surface area contributed by atoms with Crippen molar-refractivity contribution in [1.29, 1.82) is 0 Å². The summed E-state index contributed by atoms with van der Waals surface area (Å²) in [5, 5.41) is 3.62. The highest BCUT2D eigenvalue weighted by molar-refractivity contribution is 5.16. The average Bonchev–Trinajstić information content (AvgIpc) is 2.23. The van der Waals surface area contributed by atoms with Crippen LogP contribution < -0.4 is 5.32 Å². The van der Waals surface area contributed by atoms with Crippen molar-refractivity contribution in [2.24, 2.45) is 5.92 Å². The molecule has 1 saturated heterocycles. The van der Waals surface area contributed by atoms with Gasteiger partial charge < -0.3 is 5.32 Å². The maximum Gasteiger partial charge on any atom is 0.0108 e. The Kier molecular flexibility index (Phi) is 3.20. The molecule has 0 bridgehead atoms. The molecule has 1 heterocycles. The zero-order valence-corrected chi connectivity index (χ0v) is 8.87. The van der Waals surface area contributed by atoms with E-state index < -0.39 is 0 Å². The monoisotopic (exact) mass is 189 g/mol. The second kappa shape index (κ2) is 4.61. The van der Waals surface area contributed by atoms with Crippen LogP contribution in [0.2, 0.25) is 0 Å². The summed E-state index contributed by atoms with van der Waals surface area (Å²) in [5.41, 5.74) is 1.46. The van der Waals surface area contributed by atoms with E-state index in [1.807, 2.05) is 0 Å². The van der Waals surface area contributed by atoms with E-state index in [1.54, 1.807) is 0 Å². The Morgan fingerprint density at radius 2 is 2.00 bits per heavy atom. The van der Waals surface area contributed by atoms with E-state index >= 15 is 0 Å². The molecule has 1 aromatic rings. The zero-order chi connectivity index (χ0) is 9.80. The molecule has 1 aromatic carbocycles. The molecule has 2 atom stereocenters. The fraction of sp³-hybridized carbons (Fsp3) is 0.538. The predicted octanol–water partition coefficient (Wildman–Crippen LogP) is 2.62. The third-order valence-corrected chi connectivity index (χ3v) is 3.09. The molecule has 1 aliphatic heterocycles. The summed E-state index contributed by atoms with van der Waals surface area (Å²) >= 11 is 0. The molecule has 0 spiro atoms. The molecule has 1 aliphatic rings. The van der Waals surface area contributed by atoms with Crippen LogP contribution in [-0.4, -0.2) is 12.6 Å². The molecule has 0 saturated carbocycles. The predicted molar refractivity (Wildman–Crippen MR) is 60.3 cm³/mol. The van der Waals surface area contributed by atoms with Gasteiger partial charge in [-0.3, -0.25) is 0 Å². The minimum atomic E-state index is 0.702. The van der Waals surface area contributed by atoms with Gasteiger partial charge in [0.05, 0.1) is 0 Å². The molecule has 2 rings (SSSR count). The van der Waals surface area contributed by atoms with Crippen molar-refractivity contribution >= 4 is 0 Å². The average molecular weight is 189 g/mol. The Hall–Kier alpha value is -0.820. The number of hydrogen-bond donors (Lipinski definition) is 1. The summed E-state index contributed by atoms with van der Waals surface area (Å²) in [5.74, 6) is 0.863. The van der Waals surface area contributed by atoms with Crippen molar-refractivity contribution in [2.75, 3.05) is 6.54 Å². The first-order valence-electron chi connectivity index (χ1n) is 5.62. The second-order valence-electron chi connectivity index (χ2n) is 4.48. The largest absolute Gasteiger partial charge is 0.313 e. The molecule has 1 nitrogen and oxygen atoms in total. The molecule has 1 fully saturated rings. The summed E-state index contributed by atoms with van der Waals surface area (Å²) in [6, 6.07) is 11.5. The van der Waals surface area contributed by atoms with Gasteiger partial charge in [-0.2, -0.15) is 0 Å². The van der Waals surface area contributed by atoms with Gasteiger partial charge in [-0.05, 0) is 37.3 Å². The van der Waals surface area contributed by atoms with Gasteiger partial charge in [0.1, 0.15) is 0 Å². The van der Waals surface area contributed by atoms with Gasteiger partial charge in [0.25, 0.3) is 0 Å². The molecule has 0 aromatic heterocycles. The van der Waals surface area contributed by atoms with Crippen molar-refractivity contribution in [3.05, 3.63) is 35.9 Å². The van der Waals surface area contributed by atoms with Gasteiger partial charge in [-0.1, -0.05) is 37.3 Å². The van der Waals surface area contributed by atoms with Gasteiger partial charge in [0.2, 0.25) is 0 Å². The summed E-state index contributed by atoms with van der Waals surface area (Å²) < 4.78 is 0. The molecular formula is C13H19N. The van der Waals surface area contributed by atoms with E-state index in [9.17, 15) is 0 Å². The van der Waals surface area contributed by atoms with Crippen LogP contribution >= 0.6 is 0 Å². The number of nitrogens with one attached hydrogen (secondary N) is 1. The van der Waals surface area contributed by atoms with Gasteiger partial charge in [0, 0.05) is 6.04 Å². The molecule has 1 N–H and O–H groups in total. The van der Waals surface area contributed by atoms with E-state index in [2.05, 4.69) is 42.6 Å². The van der Waals surface area contributed by atoms with Crippen LogP contribution in [0.5, 0.6) is 0 Å². The maximum absolute atomic E-state index is 3.62. The Bertz CT molecular complexity index is 260. The van der Waals surface area contributed by atoms with Gasteiger partial charge in [-0.25, -0.2) is 0 Å². The molecule has 14 heavy (non-hydrogen) atoms. The highest BCUT2D eigenvalue weighted by atomic mass is 14.9. The number of rotatable bonds is 2. The second-order valence-corrected chi connectivity index (χ2v) is 4.48. The Balaban J connectivity index is 1.87. The fourth-order valence-electron chi connectivity index (χ4n) is 2.13. The van der Waals surface area contributed by atoms with Crippen LogP contribution in [0.3, 0.4) is 0 Å². The third-order valence-electron chi connectivity index (χ3n) is 3.09. The fourth-order valence-corrected chi connectivity index (χ4v) is 2.13. The van der Waals surface area contributed by atoms with Crippen molar-refractivity contribution in [2.45, 2.75) is 32.2 Å². The normalized spacial score (nSPS) is 27.5. The van der Waals surface area contributed by atoms with Crippen molar-refractivity contribution in [1.82, 2.24) is 5.32 Å². The zero-order valence-electron chi connectivity index (χ0n) is 8.87. The lowest BCUT2D eigenvalue weighted by atomic mass is 9.92. The Labute approximate surface area is 86.5 Å². The molecule has 0 aliphatic carbocycles. The smallest absolute Gasteiger partial charge is 0.0108 e. The summed E-state index contributed by atoms with van der Waals surface area (Å²) in [4.78, 5) is 0. The standard InChI is InChI=1S/C13H19N/c1-11-7-8-13(14-10-11)9-12-5-3-2-4-6-12/h2-6,11,13-14H,7-10H2,1H3. The first-order valence-corrected chi connectivity index (χ1v) is 5.62. The maximum atomic E-state index is 3.62. The van der Waals surface area contributed by atoms with Crippen molar-refractivity contribution in [3.63, 3.8) is 0 Å². The first kappa shape index (κ1) is 9.72. The molecule has 1 heteroatoms. The summed E-state index contributed by atoms with van der Waals surface area (Å²) in [6.45, 7) is 3.52. The van der Waals surface area contributed by atoms with Crippen LogP contribution in [-0.2, 0) is 6.42 Å². The number of hydrogen-bond acceptors (Lipinski definition) is 1. The van der Waals surface area contributed by atoms with Crippen molar-refractivity contribution < 1.29 is 0 Å². The molecular weight excluding hydrogens is 170 g/mol. The lowest BCUT2D eigenvalue weighted by molar-refractivity contribution is 0.326.